The van der Waals surface area contributed by atoms with Gasteiger partial charge in [0.25, 0.3) is 10.0 Å². The minimum Gasteiger partial charge on any atom is -0.354 e. The molecule has 1 aliphatic rings. The van der Waals surface area contributed by atoms with Crippen molar-refractivity contribution in [2.24, 2.45) is 0 Å². The first-order valence-electron chi connectivity index (χ1n) is 8.29. The molecule has 0 spiro atoms. The fourth-order valence-corrected chi connectivity index (χ4v) is 4.78. The highest BCUT2D eigenvalue weighted by Crippen LogP contribution is 2.41. The molecule has 0 fully saturated rings. The molecule has 1 aliphatic heterocycles. The van der Waals surface area contributed by atoms with E-state index in [0.717, 1.165) is 17.2 Å². The minimum absolute atomic E-state index is 0.0309. The van der Waals surface area contributed by atoms with Crippen molar-refractivity contribution < 1.29 is 13.2 Å². The molecule has 2 aromatic rings. The van der Waals surface area contributed by atoms with Gasteiger partial charge in [-0.3, -0.25) is 9.10 Å². The summed E-state index contributed by atoms with van der Waals surface area (Å²) in [5, 5.41) is 4.61. The van der Waals surface area contributed by atoms with E-state index in [4.69, 9.17) is 0 Å². The Labute approximate surface area is 142 Å². The highest BCUT2D eigenvalue weighted by molar-refractivity contribution is 7.93. The van der Waals surface area contributed by atoms with Gasteiger partial charge in [-0.1, -0.05) is 31.2 Å². The van der Waals surface area contributed by atoms with Crippen LogP contribution < -0.4 is 9.62 Å². The van der Waals surface area contributed by atoms with Crippen LogP contribution in [0, 0.1) is 0 Å². The number of carbonyl (C=O) groups is 1. The SMILES string of the molecule is CC[C@@H](C)NC(=O)CCCN1c2cccc3cccc(c23)S1(=O)=O. The van der Waals surface area contributed by atoms with Crippen LogP contribution in [0.5, 0.6) is 0 Å². The third-order valence-corrected chi connectivity index (χ3v) is 6.32. The van der Waals surface area contributed by atoms with Crippen molar-refractivity contribution in [1.82, 2.24) is 5.32 Å². The number of anilines is 1. The number of nitrogens with one attached hydrogen (secondary N) is 1. The van der Waals surface area contributed by atoms with Crippen molar-refractivity contribution in [1.29, 1.82) is 0 Å². The van der Waals surface area contributed by atoms with E-state index in [-0.39, 0.29) is 11.9 Å². The van der Waals surface area contributed by atoms with E-state index in [2.05, 4.69) is 5.32 Å². The molecule has 1 N–H and O–H groups in total. The Hall–Kier alpha value is -2.08. The molecule has 2 aromatic carbocycles. The number of benzene rings is 2. The molecule has 1 amide bonds. The van der Waals surface area contributed by atoms with Crippen molar-refractivity contribution in [3.05, 3.63) is 36.4 Å². The maximum atomic E-state index is 12.8. The molecule has 24 heavy (non-hydrogen) atoms. The van der Waals surface area contributed by atoms with E-state index >= 15 is 0 Å². The van der Waals surface area contributed by atoms with E-state index in [0.29, 0.717) is 30.0 Å². The summed E-state index contributed by atoms with van der Waals surface area (Å²) in [5.41, 5.74) is 0.713. The lowest BCUT2D eigenvalue weighted by atomic mass is 10.1. The number of amides is 1. The molecule has 0 aliphatic carbocycles. The first-order chi connectivity index (χ1) is 11.4. The number of sulfonamides is 1. The van der Waals surface area contributed by atoms with Crippen molar-refractivity contribution in [3.63, 3.8) is 0 Å². The van der Waals surface area contributed by atoms with Gasteiger partial charge >= 0.3 is 0 Å². The molecule has 0 bridgehead atoms. The maximum absolute atomic E-state index is 12.8. The third kappa shape index (κ3) is 2.86. The second kappa shape index (κ2) is 6.43. The Kier molecular flexibility index (Phi) is 4.49. The number of carbonyl (C=O) groups excluding carboxylic acids is 1. The Morgan fingerprint density at radius 1 is 1.21 bits per heavy atom. The molecule has 1 heterocycles. The molecule has 6 heteroatoms. The summed E-state index contributed by atoms with van der Waals surface area (Å²) in [5.74, 6) is -0.0309. The van der Waals surface area contributed by atoms with E-state index < -0.39 is 10.0 Å². The smallest absolute Gasteiger partial charge is 0.265 e. The predicted octanol–water partition coefficient (Wildman–Crippen LogP) is 3.04. The summed E-state index contributed by atoms with van der Waals surface area (Å²) in [6, 6.07) is 11.1. The van der Waals surface area contributed by atoms with Gasteiger partial charge in [0.15, 0.2) is 0 Å². The average molecular weight is 346 g/mol. The van der Waals surface area contributed by atoms with Crippen LogP contribution in [0.3, 0.4) is 0 Å². The van der Waals surface area contributed by atoms with E-state index in [1.165, 1.54) is 4.31 Å². The van der Waals surface area contributed by atoms with Gasteiger partial charge in [0.05, 0.1) is 10.6 Å². The predicted molar refractivity (Wildman–Crippen MR) is 95.6 cm³/mol. The number of hydrogen-bond donors (Lipinski definition) is 1. The summed E-state index contributed by atoms with van der Waals surface area (Å²) in [6.07, 6.45) is 1.69. The van der Waals surface area contributed by atoms with Gasteiger partial charge in [0, 0.05) is 24.4 Å². The van der Waals surface area contributed by atoms with Crippen LogP contribution in [0.4, 0.5) is 5.69 Å². The molecular formula is C18H22N2O3S. The Balaban J connectivity index is 1.76. The normalized spacial score (nSPS) is 16.3. The van der Waals surface area contributed by atoms with Gasteiger partial charge in [-0.2, -0.15) is 0 Å². The molecule has 128 valence electrons. The van der Waals surface area contributed by atoms with Crippen LogP contribution in [0.2, 0.25) is 0 Å². The lowest BCUT2D eigenvalue weighted by molar-refractivity contribution is -0.121. The summed E-state index contributed by atoms with van der Waals surface area (Å²) >= 11 is 0. The topological polar surface area (TPSA) is 66.5 Å². The number of rotatable bonds is 6. The molecule has 0 aromatic heterocycles. The largest absolute Gasteiger partial charge is 0.354 e. The van der Waals surface area contributed by atoms with Crippen molar-refractivity contribution in [3.8, 4) is 0 Å². The molecule has 3 rings (SSSR count). The van der Waals surface area contributed by atoms with Gasteiger partial charge < -0.3 is 5.32 Å². The third-order valence-electron chi connectivity index (χ3n) is 4.47. The summed E-state index contributed by atoms with van der Waals surface area (Å²) in [7, 11) is -3.52. The molecule has 5 nitrogen and oxygen atoms in total. The summed E-state index contributed by atoms with van der Waals surface area (Å²) in [4.78, 5) is 12.2. The van der Waals surface area contributed by atoms with Crippen molar-refractivity contribution in [2.45, 2.75) is 44.0 Å². The van der Waals surface area contributed by atoms with Gasteiger partial charge in [-0.05, 0) is 37.3 Å². The molecule has 1 atom stereocenters. The fraction of sp³-hybridized carbons (Fsp3) is 0.389. The van der Waals surface area contributed by atoms with Crippen LogP contribution in [0.25, 0.3) is 10.8 Å². The van der Waals surface area contributed by atoms with E-state index in [9.17, 15) is 13.2 Å². The Bertz CT molecular complexity index is 872. The molecule has 0 radical (unpaired) electrons. The number of hydrogen-bond acceptors (Lipinski definition) is 3. The van der Waals surface area contributed by atoms with E-state index in [1.54, 1.807) is 12.1 Å². The zero-order valence-corrected chi connectivity index (χ0v) is 14.8. The van der Waals surface area contributed by atoms with Crippen LogP contribution in [-0.2, 0) is 14.8 Å². The summed E-state index contributed by atoms with van der Waals surface area (Å²) in [6.45, 7) is 4.28. The molecule has 0 saturated heterocycles. The standard InChI is InChI=1S/C18H22N2O3S/c1-3-13(2)19-17(21)11-6-12-20-15-9-4-7-14-8-5-10-16(18(14)15)24(20,22)23/h4-5,7-10,13H,3,6,11-12H2,1-2H3,(H,19,21)/t13-/m1/s1. The molecular weight excluding hydrogens is 324 g/mol. The maximum Gasteiger partial charge on any atom is 0.265 e. The van der Waals surface area contributed by atoms with Crippen molar-refractivity contribution in [2.75, 3.05) is 10.8 Å². The fourth-order valence-electron chi connectivity index (χ4n) is 3.03. The van der Waals surface area contributed by atoms with Crippen LogP contribution in [-0.4, -0.2) is 26.9 Å². The average Bonchev–Trinajstić information content (AvgIpc) is 2.78. The Morgan fingerprint density at radius 3 is 2.62 bits per heavy atom. The van der Waals surface area contributed by atoms with Crippen LogP contribution in [0.15, 0.2) is 41.3 Å². The highest BCUT2D eigenvalue weighted by Gasteiger charge is 2.34. The first kappa shape index (κ1) is 16.8. The van der Waals surface area contributed by atoms with Gasteiger partial charge in [0.2, 0.25) is 5.91 Å². The van der Waals surface area contributed by atoms with Gasteiger partial charge in [-0.25, -0.2) is 8.42 Å². The summed E-state index contributed by atoms with van der Waals surface area (Å²) < 4.78 is 27.0. The monoisotopic (exact) mass is 346 g/mol. The van der Waals surface area contributed by atoms with E-state index in [1.807, 2.05) is 38.1 Å². The molecule has 0 saturated carbocycles. The van der Waals surface area contributed by atoms with Crippen molar-refractivity contribution >= 4 is 32.4 Å². The van der Waals surface area contributed by atoms with Crippen LogP contribution >= 0.6 is 0 Å². The van der Waals surface area contributed by atoms with Crippen LogP contribution in [0.1, 0.15) is 33.1 Å². The number of nitrogens with zero attached hydrogens (tertiary/aromatic N) is 1. The second-order valence-electron chi connectivity index (χ2n) is 6.19. The second-order valence-corrected chi connectivity index (χ2v) is 8.02. The lowest BCUT2D eigenvalue weighted by Gasteiger charge is -2.19. The van der Waals surface area contributed by atoms with Gasteiger partial charge in [0.1, 0.15) is 0 Å². The lowest BCUT2D eigenvalue weighted by Crippen LogP contribution is -2.33. The first-order valence-corrected chi connectivity index (χ1v) is 9.73. The minimum atomic E-state index is -3.52. The quantitative estimate of drug-likeness (QED) is 0.874. The van der Waals surface area contributed by atoms with Gasteiger partial charge in [-0.15, -0.1) is 0 Å². The highest BCUT2D eigenvalue weighted by atomic mass is 32.2. The zero-order valence-electron chi connectivity index (χ0n) is 14.0. The molecule has 0 unspecified atom stereocenters. The zero-order chi connectivity index (χ0) is 17.3. The Morgan fingerprint density at radius 2 is 1.92 bits per heavy atom.